The highest BCUT2D eigenvalue weighted by atomic mass is 16.5. The lowest BCUT2D eigenvalue weighted by Crippen LogP contribution is -2.42. The Morgan fingerprint density at radius 3 is 2.31 bits per heavy atom. The topological polar surface area (TPSA) is 95.5 Å². The number of aryl methyl sites for hydroxylation is 1. The van der Waals surface area contributed by atoms with Gasteiger partial charge >= 0.3 is 11.7 Å². The van der Waals surface area contributed by atoms with Crippen LogP contribution in [0.25, 0.3) is 11.0 Å². The van der Waals surface area contributed by atoms with Gasteiger partial charge in [-0.3, -0.25) is 23.5 Å². The summed E-state index contributed by atoms with van der Waals surface area (Å²) in [5.41, 5.74) is -0.226. The van der Waals surface area contributed by atoms with Crippen LogP contribution in [0.15, 0.2) is 21.9 Å². The molecule has 0 unspecified atom stereocenters. The summed E-state index contributed by atoms with van der Waals surface area (Å²) in [6.07, 6.45) is 2.84. The van der Waals surface area contributed by atoms with Gasteiger partial charge in [0.2, 0.25) is 5.91 Å². The highest BCUT2D eigenvalue weighted by Gasteiger charge is 2.28. The van der Waals surface area contributed by atoms with Crippen LogP contribution in [0.1, 0.15) is 33.6 Å². The second-order valence-corrected chi connectivity index (χ2v) is 7.16. The number of ether oxygens (including phenoxy) is 1. The molecule has 0 saturated carbocycles. The molecule has 3 rings (SSSR count). The minimum atomic E-state index is -0.366. The lowest BCUT2D eigenvalue weighted by molar-refractivity contribution is -0.151. The second kappa shape index (κ2) is 8.67. The Kier molecular flexibility index (Phi) is 6.24. The third-order valence-electron chi connectivity index (χ3n) is 5.53. The van der Waals surface area contributed by atoms with E-state index >= 15 is 0 Å². The maximum atomic E-state index is 12.8. The van der Waals surface area contributed by atoms with Gasteiger partial charge in [0.1, 0.15) is 12.2 Å². The minimum absolute atomic E-state index is 0.0442. The number of likely N-dealkylation sites (tertiary alicyclic amines) is 1. The van der Waals surface area contributed by atoms with E-state index in [-0.39, 0.29) is 35.6 Å². The van der Waals surface area contributed by atoms with Gasteiger partial charge < -0.3 is 14.2 Å². The Morgan fingerprint density at radius 1 is 1.07 bits per heavy atom. The predicted molar refractivity (Wildman–Crippen MR) is 108 cm³/mol. The Morgan fingerprint density at radius 2 is 1.72 bits per heavy atom. The third kappa shape index (κ3) is 3.86. The number of carbonyl (C=O) groups is 2. The summed E-state index contributed by atoms with van der Waals surface area (Å²) in [5, 5.41) is 0.433. The van der Waals surface area contributed by atoms with Crippen molar-refractivity contribution in [2.75, 3.05) is 19.7 Å². The molecule has 1 aliphatic heterocycles. The van der Waals surface area contributed by atoms with Crippen LogP contribution in [-0.2, 0) is 34.0 Å². The van der Waals surface area contributed by atoms with Crippen LogP contribution in [-0.4, -0.2) is 50.2 Å². The molecule has 0 N–H and O–H groups in total. The van der Waals surface area contributed by atoms with E-state index < -0.39 is 0 Å². The lowest BCUT2D eigenvalue weighted by atomic mass is 9.97. The van der Waals surface area contributed by atoms with E-state index in [1.165, 1.54) is 9.13 Å². The molecule has 3 heterocycles. The smallest absolute Gasteiger partial charge is 0.332 e. The van der Waals surface area contributed by atoms with Crippen molar-refractivity contribution in [1.29, 1.82) is 0 Å². The van der Waals surface area contributed by atoms with Crippen LogP contribution in [0.5, 0.6) is 0 Å². The van der Waals surface area contributed by atoms with E-state index in [1.807, 2.05) is 6.92 Å². The van der Waals surface area contributed by atoms with Gasteiger partial charge in [0.15, 0.2) is 0 Å². The molecular weight excluding hydrogens is 376 g/mol. The van der Waals surface area contributed by atoms with Crippen molar-refractivity contribution < 1.29 is 14.3 Å². The number of aromatic nitrogens is 3. The second-order valence-electron chi connectivity index (χ2n) is 7.16. The molecule has 29 heavy (non-hydrogen) atoms. The summed E-state index contributed by atoms with van der Waals surface area (Å²) in [5.74, 6) is -0.459. The number of amides is 1. The first-order chi connectivity index (χ1) is 13.9. The molecule has 1 aliphatic rings. The molecule has 0 spiro atoms. The zero-order valence-electron chi connectivity index (χ0n) is 17.2. The molecule has 2 aromatic heterocycles. The Balaban J connectivity index is 1.81. The fourth-order valence-electron chi connectivity index (χ4n) is 3.96. The molecule has 9 heteroatoms. The number of piperidine rings is 1. The predicted octanol–water partition coefficient (Wildman–Crippen LogP) is 0.806. The SMILES string of the molecule is CCOC(=O)C1CCN(C(=O)Cn2ccc3c(=O)n(CC)c(=O)n(CC)c32)CC1. The number of esters is 1. The Hall–Kier alpha value is -2.84. The number of hydrogen-bond acceptors (Lipinski definition) is 5. The van der Waals surface area contributed by atoms with E-state index in [4.69, 9.17) is 4.74 Å². The summed E-state index contributed by atoms with van der Waals surface area (Å²) in [6.45, 7) is 7.46. The highest BCUT2D eigenvalue weighted by molar-refractivity contribution is 5.81. The van der Waals surface area contributed by atoms with E-state index in [0.29, 0.717) is 56.7 Å². The van der Waals surface area contributed by atoms with Crippen LogP contribution in [0.2, 0.25) is 0 Å². The zero-order chi connectivity index (χ0) is 21.1. The Labute approximate surface area is 168 Å². The first-order valence-electron chi connectivity index (χ1n) is 10.2. The van der Waals surface area contributed by atoms with E-state index in [2.05, 4.69) is 0 Å². The van der Waals surface area contributed by atoms with Crippen LogP contribution >= 0.6 is 0 Å². The molecule has 0 atom stereocenters. The Bertz CT molecular complexity index is 1020. The molecule has 158 valence electrons. The number of rotatable bonds is 6. The minimum Gasteiger partial charge on any atom is -0.466 e. The summed E-state index contributed by atoms with van der Waals surface area (Å²) >= 11 is 0. The van der Waals surface area contributed by atoms with Gasteiger partial charge in [-0.25, -0.2) is 4.79 Å². The van der Waals surface area contributed by atoms with Crippen molar-refractivity contribution in [3.8, 4) is 0 Å². The van der Waals surface area contributed by atoms with Gasteiger partial charge in [-0.2, -0.15) is 0 Å². The number of fused-ring (bicyclic) bond motifs is 1. The first-order valence-corrected chi connectivity index (χ1v) is 10.2. The van der Waals surface area contributed by atoms with Crippen molar-refractivity contribution in [3.05, 3.63) is 33.1 Å². The van der Waals surface area contributed by atoms with Crippen molar-refractivity contribution in [2.45, 2.75) is 53.2 Å². The third-order valence-corrected chi connectivity index (χ3v) is 5.53. The number of nitrogens with zero attached hydrogens (tertiary/aromatic N) is 4. The van der Waals surface area contributed by atoms with Gasteiger partial charge in [-0.15, -0.1) is 0 Å². The molecule has 0 radical (unpaired) electrons. The number of hydrogen-bond donors (Lipinski definition) is 0. The molecule has 0 aliphatic carbocycles. The molecule has 0 bridgehead atoms. The largest absolute Gasteiger partial charge is 0.466 e. The van der Waals surface area contributed by atoms with E-state index in [1.54, 1.807) is 35.6 Å². The average molecular weight is 404 g/mol. The van der Waals surface area contributed by atoms with Gasteiger partial charge in [0.25, 0.3) is 5.56 Å². The van der Waals surface area contributed by atoms with Crippen LogP contribution in [0.3, 0.4) is 0 Å². The molecular formula is C20H28N4O5. The van der Waals surface area contributed by atoms with E-state index in [9.17, 15) is 19.2 Å². The normalized spacial score (nSPS) is 15.1. The van der Waals surface area contributed by atoms with Crippen molar-refractivity contribution in [1.82, 2.24) is 18.6 Å². The zero-order valence-corrected chi connectivity index (χ0v) is 17.2. The molecule has 1 amide bonds. The van der Waals surface area contributed by atoms with Gasteiger partial charge in [-0.05, 0) is 39.7 Å². The number of carbonyl (C=O) groups excluding carboxylic acids is 2. The van der Waals surface area contributed by atoms with Gasteiger partial charge in [0.05, 0.1) is 17.9 Å². The van der Waals surface area contributed by atoms with Crippen molar-refractivity contribution in [3.63, 3.8) is 0 Å². The van der Waals surface area contributed by atoms with Crippen molar-refractivity contribution >= 4 is 22.9 Å². The molecule has 1 fully saturated rings. The quantitative estimate of drug-likeness (QED) is 0.664. The van der Waals surface area contributed by atoms with Crippen LogP contribution in [0, 0.1) is 5.92 Å². The molecule has 9 nitrogen and oxygen atoms in total. The van der Waals surface area contributed by atoms with Gasteiger partial charge in [0, 0.05) is 32.4 Å². The summed E-state index contributed by atoms with van der Waals surface area (Å²) in [4.78, 5) is 51.6. The first kappa shape index (κ1) is 20.9. The summed E-state index contributed by atoms with van der Waals surface area (Å²) < 4.78 is 9.47. The van der Waals surface area contributed by atoms with Crippen LogP contribution in [0.4, 0.5) is 0 Å². The standard InChI is InChI=1S/C20H28N4O5/c1-4-23-17-15(18(26)24(5-2)20(23)28)9-12-22(17)13-16(25)21-10-7-14(8-11-21)19(27)29-6-3/h9,12,14H,4-8,10-11,13H2,1-3H3. The summed E-state index contributed by atoms with van der Waals surface area (Å²) in [7, 11) is 0. The highest BCUT2D eigenvalue weighted by Crippen LogP contribution is 2.19. The monoisotopic (exact) mass is 404 g/mol. The van der Waals surface area contributed by atoms with Crippen LogP contribution < -0.4 is 11.2 Å². The molecule has 1 saturated heterocycles. The fourth-order valence-corrected chi connectivity index (χ4v) is 3.96. The average Bonchev–Trinajstić information content (AvgIpc) is 3.13. The summed E-state index contributed by atoms with van der Waals surface area (Å²) in [6, 6.07) is 1.66. The van der Waals surface area contributed by atoms with Gasteiger partial charge in [-0.1, -0.05) is 0 Å². The lowest BCUT2D eigenvalue weighted by Gasteiger charge is -2.31. The fraction of sp³-hybridized carbons (Fsp3) is 0.600. The maximum Gasteiger partial charge on any atom is 0.332 e. The molecule has 2 aromatic rings. The van der Waals surface area contributed by atoms with Crippen molar-refractivity contribution in [2.24, 2.45) is 5.92 Å². The molecule has 0 aromatic carbocycles. The van der Waals surface area contributed by atoms with E-state index in [0.717, 1.165) is 0 Å². The maximum absolute atomic E-state index is 12.8.